The van der Waals surface area contributed by atoms with E-state index in [9.17, 15) is 17.8 Å². The number of amides is 1. The largest absolute Gasteiger partial charge is 0.399 e. The van der Waals surface area contributed by atoms with Gasteiger partial charge in [0.15, 0.2) is 0 Å². The molecular weight excluding hydrogens is 286 g/mol. The molecule has 0 aromatic heterocycles. The van der Waals surface area contributed by atoms with Crippen molar-refractivity contribution < 1.29 is 17.8 Å². The SMILES string of the molecule is CCN(CC)C(=O)C(C)S(=O)c1c(F)cc(N)cc1F. The van der Waals surface area contributed by atoms with Gasteiger partial charge in [-0.15, -0.1) is 0 Å². The zero-order valence-electron chi connectivity index (χ0n) is 11.7. The number of anilines is 1. The van der Waals surface area contributed by atoms with Gasteiger partial charge in [0.25, 0.3) is 0 Å². The Balaban J connectivity index is 3.10. The summed E-state index contributed by atoms with van der Waals surface area (Å²) < 4.78 is 39.6. The number of hydrogen-bond donors (Lipinski definition) is 1. The number of benzene rings is 1. The van der Waals surface area contributed by atoms with Gasteiger partial charge in [0, 0.05) is 18.8 Å². The molecule has 1 rings (SSSR count). The van der Waals surface area contributed by atoms with Gasteiger partial charge in [-0.3, -0.25) is 9.00 Å². The monoisotopic (exact) mass is 304 g/mol. The third-order valence-corrected chi connectivity index (χ3v) is 4.60. The van der Waals surface area contributed by atoms with Crippen molar-refractivity contribution in [1.29, 1.82) is 0 Å². The minimum Gasteiger partial charge on any atom is -0.399 e. The Kier molecular flexibility index (Phi) is 5.62. The van der Waals surface area contributed by atoms with Crippen LogP contribution in [0, 0.1) is 11.6 Å². The molecule has 0 saturated heterocycles. The summed E-state index contributed by atoms with van der Waals surface area (Å²) >= 11 is 0. The van der Waals surface area contributed by atoms with E-state index in [0.29, 0.717) is 13.1 Å². The second kappa shape index (κ2) is 6.78. The van der Waals surface area contributed by atoms with Crippen LogP contribution in [0.25, 0.3) is 0 Å². The molecule has 4 nitrogen and oxygen atoms in total. The molecule has 7 heteroatoms. The van der Waals surface area contributed by atoms with E-state index in [2.05, 4.69) is 0 Å². The molecule has 0 aliphatic heterocycles. The average Bonchev–Trinajstić information content (AvgIpc) is 2.37. The predicted octanol–water partition coefficient (Wildman–Crippen LogP) is 1.91. The molecule has 112 valence electrons. The maximum absolute atomic E-state index is 13.7. The van der Waals surface area contributed by atoms with Crippen molar-refractivity contribution in [1.82, 2.24) is 4.90 Å². The lowest BCUT2D eigenvalue weighted by molar-refractivity contribution is -0.129. The first-order chi connectivity index (χ1) is 9.33. The van der Waals surface area contributed by atoms with Crippen molar-refractivity contribution in [2.45, 2.75) is 30.9 Å². The average molecular weight is 304 g/mol. The summed E-state index contributed by atoms with van der Waals surface area (Å²) in [6.45, 7) is 5.85. The first kappa shape index (κ1) is 16.6. The molecule has 1 aromatic rings. The fourth-order valence-electron chi connectivity index (χ4n) is 1.83. The van der Waals surface area contributed by atoms with Crippen molar-refractivity contribution in [3.8, 4) is 0 Å². The fraction of sp³-hybridized carbons (Fsp3) is 0.462. The van der Waals surface area contributed by atoms with Crippen LogP contribution in [0.3, 0.4) is 0 Å². The Morgan fingerprint density at radius 2 is 1.75 bits per heavy atom. The topological polar surface area (TPSA) is 63.4 Å². The fourth-order valence-corrected chi connectivity index (χ4v) is 3.02. The van der Waals surface area contributed by atoms with Gasteiger partial charge in [-0.05, 0) is 32.9 Å². The molecule has 0 bridgehead atoms. The molecule has 0 heterocycles. The zero-order valence-corrected chi connectivity index (χ0v) is 12.5. The molecule has 0 aliphatic carbocycles. The lowest BCUT2D eigenvalue weighted by Crippen LogP contribution is -2.39. The Bertz CT molecular complexity index is 510. The third kappa shape index (κ3) is 3.33. The minimum atomic E-state index is -2.11. The Morgan fingerprint density at radius 3 is 2.15 bits per heavy atom. The number of nitrogens with zero attached hydrogens (tertiary/aromatic N) is 1. The van der Waals surface area contributed by atoms with Crippen LogP contribution in [0.5, 0.6) is 0 Å². The summed E-state index contributed by atoms with van der Waals surface area (Å²) in [5, 5.41) is -1.03. The van der Waals surface area contributed by atoms with Crippen LogP contribution in [-0.4, -0.2) is 33.4 Å². The number of carbonyl (C=O) groups is 1. The van der Waals surface area contributed by atoms with E-state index in [1.165, 1.54) is 11.8 Å². The van der Waals surface area contributed by atoms with Crippen molar-refractivity contribution in [2.24, 2.45) is 0 Å². The van der Waals surface area contributed by atoms with Crippen LogP contribution in [0.15, 0.2) is 17.0 Å². The maximum atomic E-state index is 13.7. The summed E-state index contributed by atoms with van der Waals surface area (Å²) in [7, 11) is -2.11. The van der Waals surface area contributed by atoms with E-state index >= 15 is 0 Å². The lowest BCUT2D eigenvalue weighted by atomic mass is 10.3. The van der Waals surface area contributed by atoms with Crippen molar-refractivity contribution in [3.63, 3.8) is 0 Å². The van der Waals surface area contributed by atoms with Crippen LogP contribution in [0.2, 0.25) is 0 Å². The summed E-state index contributed by atoms with van der Waals surface area (Å²) in [5.41, 5.74) is 5.21. The van der Waals surface area contributed by atoms with Crippen LogP contribution < -0.4 is 5.73 Å². The number of hydrogen-bond acceptors (Lipinski definition) is 3. The first-order valence-corrected chi connectivity index (χ1v) is 7.48. The Hall–Kier alpha value is -1.50. The molecule has 0 saturated carbocycles. The molecule has 1 aromatic carbocycles. The molecular formula is C13H18F2N2O2S. The van der Waals surface area contributed by atoms with E-state index < -0.39 is 38.5 Å². The highest BCUT2D eigenvalue weighted by Crippen LogP contribution is 2.23. The maximum Gasteiger partial charge on any atom is 0.238 e. The highest BCUT2D eigenvalue weighted by molar-refractivity contribution is 7.86. The highest BCUT2D eigenvalue weighted by Gasteiger charge is 2.29. The Morgan fingerprint density at radius 1 is 1.30 bits per heavy atom. The summed E-state index contributed by atoms with van der Waals surface area (Å²) in [6, 6.07) is 1.79. The van der Waals surface area contributed by atoms with E-state index in [0.717, 1.165) is 12.1 Å². The van der Waals surface area contributed by atoms with Crippen LogP contribution in [-0.2, 0) is 15.6 Å². The molecule has 0 fully saturated rings. The zero-order chi connectivity index (χ0) is 15.4. The number of carbonyl (C=O) groups excluding carboxylic acids is 1. The first-order valence-electron chi connectivity index (χ1n) is 6.27. The summed E-state index contributed by atoms with van der Waals surface area (Å²) in [6.07, 6.45) is 0. The molecule has 20 heavy (non-hydrogen) atoms. The quantitative estimate of drug-likeness (QED) is 0.845. The van der Waals surface area contributed by atoms with Crippen molar-refractivity contribution in [2.75, 3.05) is 18.8 Å². The molecule has 2 N–H and O–H groups in total. The van der Waals surface area contributed by atoms with Gasteiger partial charge in [0.1, 0.15) is 21.8 Å². The van der Waals surface area contributed by atoms with Crippen LogP contribution in [0.1, 0.15) is 20.8 Å². The smallest absolute Gasteiger partial charge is 0.238 e. The van der Waals surface area contributed by atoms with Gasteiger partial charge >= 0.3 is 0 Å². The normalized spacial score (nSPS) is 13.8. The van der Waals surface area contributed by atoms with E-state index in [1.807, 2.05) is 0 Å². The number of halogens is 2. The molecule has 1 amide bonds. The van der Waals surface area contributed by atoms with Gasteiger partial charge in [-0.1, -0.05) is 0 Å². The minimum absolute atomic E-state index is 0.0940. The van der Waals surface area contributed by atoms with Gasteiger partial charge in [0.2, 0.25) is 5.91 Å². The molecule has 0 radical (unpaired) electrons. The molecule has 0 aliphatic rings. The van der Waals surface area contributed by atoms with Gasteiger partial charge < -0.3 is 10.6 Å². The lowest BCUT2D eigenvalue weighted by Gasteiger charge is -2.22. The summed E-state index contributed by atoms with van der Waals surface area (Å²) in [5.74, 6) is -2.40. The number of nitrogen functional groups attached to an aromatic ring is 1. The standard InChI is InChI=1S/C13H18F2N2O2S/c1-4-17(5-2)13(18)8(3)20(19)12-10(14)6-9(16)7-11(12)15/h6-8H,4-5,16H2,1-3H3. The van der Waals surface area contributed by atoms with Gasteiger partial charge in [-0.25, -0.2) is 8.78 Å². The third-order valence-electron chi connectivity index (χ3n) is 2.97. The van der Waals surface area contributed by atoms with E-state index in [4.69, 9.17) is 5.73 Å². The second-order valence-electron chi connectivity index (χ2n) is 4.26. The van der Waals surface area contributed by atoms with Crippen molar-refractivity contribution in [3.05, 3.63) is 23.8 Å². The van der Waals surface area contributed by atoms with Crippen molar-refractivity contribution >= 4 is 22.4 Å². The van der Waals surface area contributed by atoms with Gasteiger partial charge in [-0.2, -0.15) is 0 Å². The highest BCUT2D eigenvalue weighted by atomic mass is 32.2. The molecule has 2 unspecified atom stereocenters. The van der Waals surface area contributed by atoms with E-state index in [1.54, 1.807) is 13.8 Å². The summed E-state index contributed by atoms with van der Waals surface area (Å²) in [4.78, 5) is 12.9. The molecule has 2 atom stereocenters. The number of rotatable bonds is 5. The van der Waals surface area contributed by atoms with E-state index in [-0.39, 0.29) is 5.69 Å². The van der Waals surface area contributed by atoms with Crippen LogP contribution in [0.4, 0.5) is 14.5 Å². The van der Waals surface area contributed by atoms with Gasteiger partial charge in [0.05, 0.1) is 10.8 Å². The Labute approximate surface area is 119 Å². The molecule has 0 spiro atoms. The second-order valence-corrected chi connectivity index (χ2v) is 5.97. The number of nitrogens with two attached hydrogens (primary N) is 1. The van der Waals surface area contributed by atoms with Crippen LogP contribution >= 0.6 is 0 Å². The predicted molar refractivity (Wildman–Crippen MR) is 74.6 cm³/mol.